The van der Waals surface area contributed by atoms with Gasteiger partial charge in [-0.05, 0) is 41.3 Å². The zero-order valence-electron chi connectivity index (χ0n) is 14.2. The molecular weight excluding hydrogens is 340 g/mol. The molecule has 0 atom stereocenters. The van der Waals surface area contributed by atoms with Crippen molar-refractivity contribution in [3.05, 3.63) is 89.5 Å². The van der Waals surface area contributed by atoms with E-state index in [1.54, 1.807) is 11.8 Å². The smallest absolute Gasteiger partial charge is 0.277 e. The number of thioether (sulfide) groups is 1. The lowest BCUT2D eigenvalue weighted by Crippen LogP contribution is -1.91. The zero-order chi connectivity index (χ0) is 17.5. The molecule has 1 aliphatic carbocycles. The van der Waals surface area contributed by atoms with Gasteiger partial charge in [0, 0.05) is 5.56 Å². The van der Waals surface area contributed by atoms with Gasteiger partial charge in [-0.1, -0.05) is 78.0 Å². The molecule has 0 bridgehead atoms. The van der Waals surface area contributed by atoms with Crippen LogP contribution in [0.5, 0.6) is 0 Å². The van der Waals surface area contributed by atoms with Crippen LogP contribution >= 0.6 is 11.8 Å². The highest BCUT2D eigenvalue weighted by Gasteiger charge is 2.30. The van der Waals surface area contributed by atoms with Gasteiger partial charge in [-0.3, -0.25) is 0 Å². The van der Waals surface area contributed by atoms with Crippen LogP contribution in [-0.2, 0) is 0 Å². The Bertz CT molecular complexity index is 1040. The Hall–Kier alpha value is -2.85. The van der Waals surface area contributed by atoms with Gasteiger partial charge in [-0.2, -0.15) is 0 Å². The van der Waals surface area contributed by atoms with Crippen LogP contribution in [0.3, 0.4) is 0 Å². The third-order valence-corrected chi connectivity index (χ3v) is 5.81. The van der Waals surface area contributed by atoms with Gasteiger partial charge in [0.25, 0.3) is 5.22 Å². The fourth-order valence-electron chi connectivity index (χ4n) is 3.41. The molecule has 0 fully saturated rings. The Morgan fingerprint density at radius 3 is 2.04 bits per heavy atom. The number of fused-ring (bicyclic) bond motifs is 3. The average Bonchev–Trinajstić information content (AvgIpc) is 3.27. The van der Waals surface area contributed by atoms with Crippen molar-refractivity contribution in [3.63, 3.8) is 0 Å². The third-order valence-electron chi connectivity index (χ3n) is 4.70. The van der Waals surface area contributed by atoms with E-state index >= 15 is 0 Å². The van der Waals surface area contributed by atoms with Crippen LogP contribution < -0.4 is 0 Å². The molecule has 1 aliphatic rings. The highest BCUT2D eigenvalue weighted by atomic mass is 32.2. The van der Waals surface area contributed by atoms with Crippen molar-refractivity contribution in [2.24, 2.45) is 0 Å². The molecule has 3 aromatic carbocycles. The van der Waals surface area contributed by atoms with E-state index in [-0.39, 0.29) is 5.25 Å². The summed E-state index contributed by atoms with van der Waals surface area (Å²) in [6, 6.07) is 25.2. The summed E-state index contributed by atoms with van der Waals surface area (Å²) in [5.74, 6) is 0.562. The maximum atomic E-state index is 5.94. The maximum Gasteiger partial charge on any atom is 0.277 e. The number of aromatic nitrogens is 2. The van der Waals surface area contributed by atoms with Gasteiger partial charge >= 0.3 is 0 Å². The number of benzene rings is 3. The molecule has 26 heavy (non-hydrogen) atoms. The van der Waals surface area contributed by atoms with Crippen molar-refractivity contribution >= 4 is 11.8 Å². The molecule has 1 heterocycles. The lowest BCUT2D eigenvalue weighted by Gasteiger charge is -2.09. The Morgan fingerprint density at radius 2 is 1.38 bits per heavy atom. The van der Waals surface area contributed by atoms with Crippen LogP contribution in [0.4, 0.5) is 0 Å². The number of rotatable bonds is 3. The molecule has 126 valence electrons. The van der Waals surface area contributed by atoms with Crippen molar-refractivity contribution in [3.8, 4) is 22.6 Å². The molecule has 0 amide bonds. The first-order chi connectivity index (χ1) is 12.8. The molecule has 4 heteroatoms. The minimum atomic E-state index is 0.175. The standard InChI is InChI=1S/C22H16N2OS/c1-14-10-12-15(13-11-14)21-23-24-22(25-21)26-20-18-8-4-2-6-16(18)17-7-3-5-9-19(17)20/h2-13,20H,1H3. The van der Waals surface area contributed by atoms with E-state index < -0.39 is 0 Å². The summed E-state index contributed by atoms with van der Waals surface area (Å²) in [4.78, 5) is 0. The normalized spacial score (nSPS) is 12.8. The lowest BCUT2D eigenvalue weighted by atomic mass is 10.1. The van der Waals surface area contributed by atoms with Gasteiger partial charge in [0.1, 0.15) is 0 Å². The van der Waals surface area contributed by atoms with E-state index in [1.165, 1.54) is 27.8 Å². The van der Waals surface area contributed by atoms with Crippen molar-refractivity contribution in [2.45, 2.75) is 17.4 Å². The third kappa shape index (κ3) is 2.54. The highest BCUT2D eigenvalue weighted by molar-refractivity contribution is 7.99. The maximum absolute atomic E-state index is 5.94. The van der Waals surface area contributed by atoms with Gasteiger partial charge in [-0.15, -0.1) is 10.2 Å². The molecule has 0 N–H and O–H groups in total. The molecule has 3 nitrogen and oxygen atoms in total. The Morgan fingerprint density at radius 1 is 0.769 bits per heavy atom. The Balaban J connectivity index is 1.50. The molecule has 4 aromatic rings. The summed E-state index contributed by atoms with van der Waals surface area (Å²) in [5, 5.41) is 9.27. The van der Waals surface area contributed by atoms with E-state index in [2.05, 4.69) is 77.8 Å². The fourth-order valence-corrected chi connectivity index (χ4v) is 4.49. The largest absolute Gasteiger partial charge is 0.411 e. The van der Waals surface area contributed by atoms with Gasteiger partial charge in [0.15, 0.2) is 0 Å². The summed E-state index contributed by atoms with van der Waals surface area (Å²) in [7, 11) is 0. The first kappa shape index (κ1) is 15.4. The second-order valence-corrected chi connectivity index (χ2v) is 7.47. The van der Waals surface area contributed by atoms with E-state index in [4.69, 9.17) is 4.42 Å². The molecule has 0 saturated carbocycles. The summed E-state index contributed by atoms with van der Waals surface area (Å²) in [5.41, 5.74) is 7.34. The summed E-state index contributed by atoms with van der Waals surface area (Å²) in [6.45, 7) is 2.06. The summed E-state index contributed by atoms with van der Waals surface area (Å²) < 4.78 is 5.94. The van der Waals surface area contributed by atoms with Crippen molar-refractivity contribution < 1.29 is 4.42 Å². The van der Waals surface area contributed by atoms with Crippen LogP contribution in [0.1, 0.15) is 21.9 Å². The summed E-state index contributed by atoms with van der Waals surface area (Å²) in [6.07, 6.45) is 0. The van der Waals surface area contributed by atoms with Gasteiger partial charge < -0.3 is 4.42 Å². The minimum absolute atomic E-state index is 0.175. The fraction of sp³-hybridized carbons (Fsp3) is 0.0909. The van der Waals surface area contributed by atoms with Gasteiger partial charge in [0.2, 0.25) is 5.89 Å². The van der Waals surface area contributed by atoms with Crippen LogP contribution in [0.25, 0.3) is 22.6 Å². The van der Waals surface area contributed by atoms with Crippen LogP contribution in [-0.4, -0.2) is 10.2 Å². The zero-order valence-corrected chi connectivity index (χ0v) is 15.0. The average molecular weight is 356 g/mol. The summed E-state index contributed by atoms with van der Waals surface area (Å²) >= 11 is 1.61. The molecule has 0 unspecified atom stereocenters. The van der Waals surface area contributed by atoms with E-state index in [9.17, 15) is 0 Å². The number of aryl methyl sites for hydroxylation is 1. The lowest BCUT2D eigenvalue weighted by molar-refractivity contribution is 0.465. The van der Waals surface area contributed by atoms with Crippen molar-refractivity contribution in [1.29, 1.82) is 0 Å². The Kier molecular flexibility index (Phi) is 3.64. The van der Waals surface area contributed by atoms with Crippen LogP contribution in [0.2, 0.25) is 0 Å². The minimum Gasteiger partial charge on any atom is -0.411 e. The van der Waals surface area contributed by atoms with Crippen molar-refractivity contribution in [2.75, 3.05) is 0 Å². The van der Waals surface area contributed by atoms with Crippen molar-refractivity contribution in [1.82, 2.24) is 10.2 Å². The number of hydrogen-bond acceptors (Lipinski definition) is 4. The first-order valence-electron chi connectivity index (χ1n) is 8.55. The molecule has 0 spiro atoms. The van der Waals surface area contributed by atoms with Gasteiger partial charge in [0.05, 0.1) is 5.25 Å². The van der Waals surface area contributed by atoms with E-state index in [0.717, 1.165) is 5.56 Å². The topological polar surface area (TPSA) is 38.9 Å². The van der Waals surface area contributed by atoms with Crippen LogP contribution in [0, 0.1) is 6.92 Å². The monoisotopic (exact) mass is 356 g/mol. The molecule has 1 aromatic heterocycles. The second kappa shape index (κ2) is 6.15. The predicted molar refractivity (Wildman–Crippen MR) is 104 cm³/mol. The highest BCUT2D eigenvalue weighted by Crippen LogP contribution is 2.51. The molecule has 0 saturated heterocycles. The SMILES string of the molecule is Cc1ccc(-c2nnc(SC3c4ccccc4-c4ccccc43)o2)cc1. The van der Waals surface area contributed by atoms with Crippen LogP contribution in [0.15, 0.2) is 82.4 Å². The number of hydrogen-bond donors (Lipinski definition) is 0. The second-order valence-electron chi connectivity index (χ2n) is 6.41. The molecule has 0 radical (unpaired) electrons. The quantitative estimate of drug-likeness (QED) is 0.457. The molecule has 0 aliphatic heterocycles. The van der Waals surface area contributed by atoms with E-state index in [0.29, 0.717) is 11.1 Å². The number of nitrogens with zero attached hydrogens (tertiary/aromatic N) is 2. The molecule has 5 rings (SSSR count). The predicted octanol–water partition coefficient (Wildman–Crippen LogP) is 5.91. The Labute approximate surface area is 156 Å². The first-order valence-corrected chi connectivity index (χ1v) is 9.43. The molecular formula is C22H16N2OS. The van der Waals surface area contributed by atoms with E-state index in [1.807, 2.05) is 12.1 Å². The van der Waals surface area contributed by atoms with Gasteiger partial charge in [-0.25, -0.2) is 0 Å².